The number of rotatable bonds is 7. The Balaban J connectivity index is 2.05. The molecule has 0 aliphatic carbocycles. The van der Waals surface area contributed by atoms with Gasteiger partial charge < -0.3 is 44.8 Å². The van der Waals surface area contributed by atoms with Gasteiger partial charge in [-0.25, -0.2) is 4.79 Å². The summed E-state index contributed by atoms with van der Waals surface area (Å²) < 4.78 is 16.8. The van der Waals surface area contributed by atoms with E-state index in [1.54, 1.807) is 0 Å². The molecule has 10 heteroatoms. The summed E-state index contributed by atoms with van der Waals surface area (Å²) in [5, 5.41) is 60.4. The number of hydrogen-bond donors (Lipinski definition) is 6. The highest BCUT2D eigenvalue weighted by atomic mass is 16.7. The monoisotopic (exact) mass is 490 g/mol. The van der Waals surface area contributed by atoms with Crippen molar-refractivity contribution < 1.29 is 49.6 Å². The second-order valence-corrected chi connectivity index (χ2v) is 9.30. The lowest BCUT2D eigenvalue weighted by molar-refractivity contribution is -0.313. The van der Waals surface area contributed by atoms with Crippen molar-refractivity contribution in [1.82, 2.24) is 0 Å². The Morgan fingerprint density at radius 2 is 1.74 bits per heavy atom. The molecule has 0 spiro atoms. The number of ether oxygens (including phenoxy) is 3. The first-order valence-corrected chi connectivity index (χ1v) is 12.5. The molecule has 0 bridgehead atoms. The van der Waals surface area contributed by atoms with Crippen molar-refractivity contribution in [1.29, 1.82) is 0 Å². The van der Waals surface area contributed by atoms with Crippen molar-refractivity contribution in [2.45, 2.75) is 126 Å². The maximum atomic E-state index is 12.2. The standard InChI is InChI=1S/C24H42O10/c1-2-3-5-8-15-9-6-4-7-10-16(13-18(27)17(26)11-12-20(28)32-15)33-24-23(31)22(30)21(29)19(14-25)34-24/h11-12,15-19,21-27,29-31H,2-10,13-14H2,1H3/t15-,16-,17-,18+,19-,21-,22+,23-,24+/m1/s1. The van der Waals surface area contributed by atoms with E-state index in [-0.39, 0.29) is 12.5 Å². The van der Waals surface area contributed by atoms with Gasteiger partial charge in [-0.15, -0.1) is 0 Å². The Hall–Kier alpha value is -1.11. The maximum Gasteiger partial charge on any atom is 0.330 e. The molecule has 34 heavy (non-hydrogen) atoms. The molecule has 2 rings (SSSR count). The lowest BCUT2D eigenvalue weighted by Crippen LogP contribution is -2.59. The van der Waals surface area contributed by atoms with E-state index in [1.165, 1.54) is 6.08 Å². The van der Waals surface area contributed by atoms with Crippen LogP contribution >= 0.6 is 0 Å². The van der Waals surface area contributed by atoms with Gasteiger partial charge in [-0.3, -0.25) is 0 Å². The Morgan fingerprint density at radius 3 is 2.44 bits per heavy atom. The number of carbonyl (C=O) groups excluding carboxylic acids is 1. The predicted octanol–water partition coefficient (Wildman–Crippen LogP) is 0.296. The van der Waals surface area contributed by atoms with Crippen LogP contribution in [0.2, 0.25) is 0 Å². The summed E-state index contributed by atoms with van der Waals surface area (Å²) in [6, 6.07) is 0. The number of carbonyl (C=O) groups is 1. The molecule has 1 fully saturated rings. The fourth-order valence-electron chi connectivity index (χ4n) is 4.33. The molecule has 2 aliphatic heterocycles. The van der Waals surface area contributed by atoms with Crippen LogP contribution in [0.3, 0.4) is 0 Å². The Morgan fingerprint density at radius 1 is 1.00 bits per heavy atom. The summed E-state index contributed by atoms with van der Waals surface area (Å²) in [7, 11) is 0. The van der Waals surface area contributed by atoms with E-state index in [4.69, 9.17) is 14.2 Å². The van der Waals surface area contributed by atoms with Crippen LogP contribution in [0.5, 0.6) is 0 Å². The van der Waals surface area contributed by atoms with Crippen LogP contribution in [0, 0.1) is 0 Å². The smallest absolute Gasteiger partial charge is 0.330 e. The van der Waals surface area contributed by atoms with Crippen molar-refractivity contribution in [2.24, 2.45) is 0 Å². The highest BCUT2D eigenvalue weighted by molar-refractivity contribution is 5.82. The van der Waals surface area contributed by atoms with Crippen molar-refractivity contribution in [2.75, 3.05) is 6.61 Å². The summed E-state index contributed by atoms with van der Waals surface area (Å²) >= 11 is 0. The SMILES string of the molecule is CCCCC[C@@H]1CCCCC[C@@H](O[C@H]2O[C@H](CO)[C@@H](O)[C@H](O)[C@H]2O)C[C@H](O)[C@H](O)C=CC(=O)O1. The normalized spacial score (nSPS) is 38.8. The molecule has 2 aliphatic rings. The van der Waals surface area contributed by atoms with E-state index in [9.17, 15) is 35.4 Å². The van der Waals surface area contributed by atoms with Crippen molar-refractivity contribution in [3.8, 4) is 0 Å². The molecule has 0 unspecified atom stereocenters. The van der Waals surface area contributed by atoms with E-state index < -0.39 is 61.6 Å². The zero-order valence-corrected chi connectivity index (χ0v) is 19.9. The molecule has 0 amide bonds. The molecule has 198 valence electrons. The average molecular weight is 491 g/mol. The van der Waals surface area contributed by atoms with E-state index in [2.05, 4.69) is 6.92 Å². The van der Waals surface area contributed by atoms with Crippen LogP contribution in [0.25, 0.3) is 0 Å². The maximum absolute atomic E-state index is 12.2. The molecule has 0 aromatic rings. The minimum Gasteiger partial charge on any atom is -0.459 e. The van der Waals surface area contributed by atoms with Crippen LogP contribution < -0.4 is 0 Å². The minimum atomic E-state index is -1.57. The largest absolute Gasteiger partial charge is 0.459 e. The molecular formula is C24H42O10. The highest BCUT2D eigenvalue weighted by Crippen LogP contribution is 2.26. The van der Waals surface area contributed by atoms with Crippen LogP contribution in [0.1, 0.15) is 71.1 Å². The molecule has 10 nitrogen and oxygen atoms in total. The molecule has 0 aromatic heterocycles. The summed E-state index contributed by atoms with van der Waals surface area (Å²) in [6.07, 6.45) is -0.705. The third-order valence-electron chi connectivity index (χ3n) is 6.47. The highest BCUT2D eigenvalue weighted by Gasteiger charge is 2.45. The lowest BCUT2D eigenvalue weighted by Gasteiger charge is -2.41. The van der Waals surface area contributed by atoms with Gasteiger partial charge >= 0.3 is 5.97 Å². The van der Waals surface area contributed by atoms with Gasteiger partial charge in [-0.1, -0.05) is 32.6 Å². The number of hydrogen-bond acceptors (Lipinski definition) is 10. The second kappa shape index (κ2) is 15.1. The van der Waals surface area contributed by atoms with Crippen LogP contribution in [0.15, 0.2) is 12.2 Å². The molecule has 0 saturated carbocycles. The minimum absolute atomic E-state index is 0.0186. The zero-order chi connectivity index (χ0) is 25.1. The van der Waals surface area contributed by atoms with Crippen molar-refractivity contribution in [3.63, 3.8) is 0 Å². The van der Waals surface area contributed by atoms with Crippen LogP contribution in [-0.4, -0.2) is 98.3 Å². The Bertz CT molecular complexity index is 613. The number of esters is 1. The van der Waals surface area contributed by atoms with Gasteiger partial charge in [0, 0.05) is 12.5 Å². The Kier molecular flexibility index (Phi) is 12.9. The number of unbranched alkanes of at least 4 members (excludes halogenated alkanes) is 2. The zero-order valence-electron chi connectivity index (χ0n) is 19.9. The number of aliphatic hydroxyl groups excluding tert-OH is 6. The van der Waals surface area contributed by atoms with Gasteiger partial charge in [0.05, 0.1) is 24.9 Å². The van der Waals surface area contributed by atoms with E-state index >= 15 is 0 Å². The lowest BCUT2D eigenvalue weighted by atomic mass is 9.97. The van der Waals surface area contributed by atoms with Crippen molar-refractivity contribution in [3.05, 3.63) is 12.2 Å². The number of cyclic esters (lactones) is 1. The third kappa shape index (κ3) is 9.16. The van der Waals surface area contributed by atoms with E-state index in [0.717, 1.165) is 57.4 Å². The fraction of sp³-hybridized carbons (Fsp3) is 0.875. The average Bonchev–Trinajstić information content (AvgIpc) is 2.81. The van der Waals surface area contributed by atoms with Crippen LogP contribution in [0.4, 0.5) is 0 Å². The van der Waals surface area contributed by atoms with Gasteiger partial charge in [-0.05, 0) is 38.2 Å². The van der Waals surface area contributed by atoms with E-state index in [1.807, 2.05) is 0 Å². The Labute approximate surface area is 201 Å². The molecule has 9 atom stereocenters. The molecular weight excluding hydrogens is 448 g/mol. The summed E-state index contributed by atoms with van der Waals surface area (Å²) in [4.78, 5) is 12.2. The first-order chi connectivity index (χ1) is 16.3. The summed E-state index contributed by atoms with van der Waals surface area (Å²) in [6.45, 7) is 1.54. The van der Waals surface area contributed by atoms with Crippen LogP contribution in [-0.2, 0) is 19.0 Å². The molecule has 0 radical (unpaired) electrons. The molecule has 0 aromatic carbocycles. The first-order valence-electron chi connectivity index (χ1n) is 12.5. The third-order valence-corrected chi connectivity index (χ3v) is 6.47. The van der Waals surface area contributed by atoms with Gasteiger partial charge in [0.15, 0.2) is 6.29 Å². The predicted molar refractivity (Wildman–Crippen MR) is 122 cm³/mol. The summed E-state index contributed by atoms with van der Waals surface area (Å²) in [5.41, 5.74) is 0. The van der Waals surface area contributed by atoms with Gasteiger partial charge in [0.1, 0.15) is 30.5 Å². The first kappa shape index (κ1) is 29.1. The van der Waals surface area contributed by atoms with Gasteiger partial charge in [0.25, 0.3) is 0 Å². The van der Waals surface area contributed by atoms with E-state index in [0.29, 0.717) is 6.42 Å². The quantitative estimate of drug-likeness (QED) is 0.216. The van der Waals surface area contributed by atoms with Gasteiger partial charge in [-0.2, -0.15) is 0 Å². The summed E-state index contributed by atoms with van der Waals surface area (Å²) in [5.74, 6) is -0.557. The fourth-order valence-corrected chi connectivity index (χ4v) is 4.33. The number of aliphatic hydroxyl groups is 6. The molecule has 2 heterocycles. The molecule has 1 saturated heterocycles. The van der Waals surface area contributed by atoms with Crippen molar-refractivity contribution >= 4 is 5.97 Å². The second-order valence-electron chi connectivity index (χ2n) is 9.30. The molecule has 6 N–H and O–H groups in total. The van der Waals surface area contributed by atoms with Gasteiger partial charge in [0.2, 0.25) is 0 Å². The topological polar surface area (TPSA) is 166 Å².